The van der Waals surface area contributed by atoms with E-state index >= 15 is 0 Å². The number of carbonyl (C=O) groups excluding carboxylic acids is 3. The molecule has 1 aromatic rings. The minimum absolute atomic E-state index is 0.0143. The van der Waals surface area contributed by atoms with Crippen LogP contribution in [0.2, 0.25) is 0 Å². The summed E-state index contributed by atoms with van der Waals surface area (Å²) < 4.78 is 15.6. The molecule has 1 unspecified atom stereocenters. The van der Waals surface area contributed by atoms with Gasteiger partial charge >= 0.3 is 18.2 Å². The molecule has 1 atom stereocenters. The summed E-state index contributed by atoms with van der Waals surface area (Å²) in [6.07, 6.45) is -0.654. The zero-order valence-electron chi connectivity index (χ0n) is 16.8. The number of benzene rings is 1. The Labute approximate surface area is 165 Å². The van der Waals surface area contributed by atoms with Crippen molar-refractivity contribution in [1.29, 1.82) is 0 Å². The molecule has 8 heteroatoms. The van der Waals surface area contributed by atoms with Gasteiger partial charge in [-0.1, -0.05) is 30.3 Å². The molecule has 2 rings (SSSR count). The van der Waals surface area contributed by atoms with Gasteiger partial charge < -0.3 is 19.1 Å². The van der Waals surface area contributed by atoms with Gasteiger partial charge in [0.05, 0.1) is 13.7 Å². The number of amides is 2. The van der Waals surface area contributed by atoms with Crippen LogP contribution in [0.4, 0.5) is 9.59 Å². The molecule has 1 aromatic carbocycles. The summed E-state index contributed by atoms with van der Waals surface area (Å²) in [5.41, 5.74) is 0.170. The molecule has 0 radical (unpaired) electrons. The van der Waals surface area contributed by atoms with Crippen molar-refractivity contribution >= 4 is 18.2 Å². The van der Waals surface area contributed by atoms with Crippen molar-refractivity contribution in [1.82, 2.24) is 9.80 Å². The normalized spacial score (nSPS) is 17.5. The molecule has 0 saturated carbocycles. The average Bonchev–Trinajstić information content (AvgIpc) is 2.88. The lowest BCUT2D eigenvalue weighted by atomic mass is 10.2. The maximum absolute atomic E-state index is 12.5. The predicted molar refractivity (Wildman–Crippen MR) is 102 cm³/mol. The first-order valence-electron chi connectivity index (χ1n) is 9.24. The van der Waals surface area contributed by atoms with E-state index in [1.54, 1.807) is 20.8 Å². The second-order valence-electron chi connectivity index (χ2n) is 7.55. The highest BCUT2D eigenvalue weighted by atomic mass is 16.6. The number of ether oxygens (including phenoxy) is 3. The minimum atomic E-state index is -0.952. The molecule has 1 aliphatic heterocycles. The summed E-state index contributed by atoms with van der Waals surface area (Å²) in [6, 6.07) is 8.37. The maximum atomic E-state index is 12.5. The molecule has 0 N–H and O–H groups in total. The fraction of sp³-hybridized carbons (Fsp3) is 0.550. The Hall–Kier alpha value is -2.77. The molecular formula is C20H28N2O6. The molecule has 28 heavy (non-hydrogen) atoms. The Bertz CT molecular complexity index is 686. The Morgan fingerprint density at radius 1 is 1.07 bits per heavy atom. The standard InChI is InChI=1S/C20H28N2O6/c1-20(2,3)28-19(25)22-12-8-11-21(13-16(22)17(23)26-4)18(24)27-14-15-9-6-5-7-10-15/h5-7,9-10,16H,8,11-14H2,1-4H3. The Morgan fingerprint density at radius 3 is 2.36 bits per heavy atom. The average molecular weight is 392 g/mol. The van der Waals surface area contributed by atoms with Crippen molar-refractivity contribution in [3.63, 3.8) is 0 Å². The van der Waals surface area contributed by atoms with Crippen LogP contribution in [0.1, 0.15) is 32.8 Å². The topological polar surface area (TPSA) is 85.4 Å². The summed E-state index contributed by atoms with van der Waals surface area (Å²) in [7, 11) is 1.25. The van der Waals surface area contributed by atoms with Gasteiger partial charge in [-0.2, -0.15) is 0 Å². The second kappa shape index (κ2) is 9.43. The van der Waals surface area contributed by atoms with Gasteiger partial charge in [0.25, 0.3) is 0 Å². The number of carbonyl (C=O) groups is 3. The molecule has 1 heterocycles. The van der Waals surface area contributed by atoms with Crippen LogP contribution in [-0.2, 0) is 25.6 Å². The maximum Gasteiger partial charge on any atom is 0.411 e. The highest BCUT2D eigenvalue weighted by molar-refractivity contribution is 5.82. The number of methoxy groups -OCH3 is 1. The van der Waals surface area contributed by atoms with Crippen molar-refractivity contribution < 1.29 is 28.6 Å². The number of rotatable bonds is 3. The van der Waals surface area contributed by atoms with E-state index in [0.29, 0.717) is 13.0 Å². The first kappa shape index (κ1) is 21.5. The molecule has 0 bridgehead atoms. The zero-order chi connectivity index (χ0) is 20.7. The van der Waals surface area contributed by atoms with Gasteiger partial charge in [-0.15, -0.1) is 0 Å². The molecule has 8 nitrogen and oxygen atoms in total. The fourth-order valence-corrected chi connectivity index (χ4v) is 2.84. The van der Waals surface area contributed by atoms with Crippen molar-refractivity contribution in [3.05, 3.63) is 35.9 Å². The van der Waals surface area contributed by atoms with Gasteiger partial charge in [-0.05, 0) is 32.8 Å². The van der Waals surface area contributed by atoms with E-state index in [9.17, 15) is 14.4 Å². The van der Waals surface area contributed by atoms with Crippen LogP contribution >= 0.6 is 0 Å². The monoisotopic (exact) mass is 392 g/mol. The highest BCUT2D eigenvalue weighted by Gasteiger charge is 2.38. The summed E-state index contributed by atoms with van der Waals surface area (Å²) >= 11 is 0. The lowest BCUT2D eigenvalue weighted by Gasteiger charge is -2.31. The van der Waals surface area contributed by atoms with Gasteiger partial charge in [-0.3, -0.25) is 4.90 Å². The number of esters is 1. The molecule has 0 spiro atoms. The highest BCUT2D eigenvalue weighted by Crippen LogP contribution is 2.18. The van der Waals surface area contributed by atoms with E-state index in [0.717, 1.165) is 5.56 Å². The van der Waals surface area contributed by atoms with Crippen LogP contribution in [-0.4, -0.2) is 66.3 Å². The van der Waals surface area contributed by atoms with Crippen LogP contribution < -0.4 is 0 Å². The molecule has 1 saturated heterocycles. The van der Waals surface area contributed by atoms with Crippen LogP contribution in [0.3, 0.4) is 0 Å². The van der Waals surface area contributed by atoms with E-state index in [2.05, 4.69) is 0 Å². The van der Waals surface area contributed by atoms with Crippen LogP contribution in [0, 0.1) is 0 Å². The van der Waals surface area contributed by atoms with Gasteiger partial charge in [-0.25, -0.2) is 14.4 Å². The fourth-order valence-electron chi connectivity index (χ4n) is 2.84. The molecule has 2 amide bonds. The number of hydrogen-bond donors (Lipinski definition) is 0. The summed E-state index contributed by atoms with van der Waals surface area (Å²) in [6.45, 7) is 6.02. The predicted octanol–water partition coefficient (Wildman–Crippen LogP) is 2.81. The van der Waals surface area contributed by atoms with E-state index < -0.39 is 29.8 Å². The van der Waals surface area contributed by atoms with E-state index in [4.69, 9.17) is 14.2 Å². The SMILES string of the molecule is COC(=O)C1CN(C(=O)OCc2ccccc2)CCCN1C(=O)OC(C)(C)C. The lowest BCUT2D eigenvalue weighted by Crippen LogP contribution is -2.51. The quantitative estimate of drug-likeness (QED) is 0.581. The molecular weight excluding hydrogens is 364 g/mol. The third kappa shape index (κ3) is 6.14. The summed E-state index contributed by atoms with van der Waals surface area (Å²) in [5.74, 6) is -0.603. The van der Waals surface area contributed by atoms with Gasteiger partial charge in [0.1, 0.15) is 12.2 Å². The second-order valence-corrected chi connectivity index (χ2v) is 7.55. The van der Waals surface area contributed by atoms with Crippen LogP contribution in [0.25, 0.3) is 0 Å². The Kier molecular flexibility index (Phi) is 7.25. The van der Waals surface area contributed by atoms with Crippen LogP contribution in [0.5, 0.6) is 0 Å². The summed E-state index contributed by atoms with van der Waals surface area (Å²) in [5, 5.41) is 0. The third-order valence-electron chi connectivity index (χ3n) is 4.16. The molecule has 1 aliphatic rings. The van der Waals surface area contributed by atoms with Gasteiger partial charge in [0.2, 0.25) is 0 Å². The first-order chi connectivity index (χ1) is 13.2. The summed E-state index contributed by atoms with van der Waals surface area (Å²) in [4.78, 5) is 40.1. The van der Waals surface area contributed by atoms with Crippen molar-refractivity contribution in [3.8, 4) is 0 Å². The van der Waals surface area contributed by atoms with Crippen LogP contribution in [0.15, 0.2) is 30.3 Å². The van der Waals surface area contributed by atoms with Gasteiger partial charge in [0, 0.05) is 13.1 Å². The molecule has 154 valence electrons. The Balaban J connectivity index is 2.07. The van der Waals surface area contributed by atoms with Crippen molar-refractivity contribution in [2.24, 2.45) is 0 Å². The minimum Gasteiger partial charge on any atom is -0.467 e. The lowest BCUT2D eigenvalue weighted by molar-refractivity contribution is -0.147. The van der Waals surface area contributed by atoms with E-state index in [1.165, 1.54) is 16.9 Å². The van der Waals surface area contributed by atoms with E-state index in [1.807, 2.05) is 30.3 Å². The third-order valence-corrected chi connectivity index (χ3v) is 4.16. The Morgan fingerprint density at radius 2 is 1.75 bits per heavy atom. The van der Waals surface area contributed by atoms with Crippen molar-refractivity contribution in [2.45, 2.75) is 45.4 Å². The largest absolute Gasteiger partial charge is 0.467 e. The van der Waals surface area contributed by atoms with E-state index in [-0.39, 0.29) is 19.7 Å². The molecule has 0 aliphatic carbocycles. The molecule has 0 aromatic heterocycles. The number of nitrogens with zero attached hydrogens (tertiary/aromatic N) is 2. The first-order valence-corrected chi connectivity index (χ1v) is 9.24. The smallest absolute Gasteiger partial charge is 0.411 e. The van der Waals surface area contributed by atoms with Gasteiger partial charge in [0.15, 0.2) is 6.04 Å². The number of hydrogen-bond acceptors (Lipinski definition) is 6. The zero-order valence-corrected chi connectivity index (χ0v) is 16.8. The van der Waals surface area contributed by atoms with Crippen molar-refractivity contribution in [2.75, 3.05) is 26.7 Å². The molecule has 1 fully saturated rings.